The highest BCUT2D eigenvalue weighted by Gasteiger charge is 2.39. The summed E-state index contributed by atoms with van der Waals surface area (Å²) in [6, 6.07) is -0.815. The number of carbonyl (C=O) groups excluding carboxylic acids is 2. The van der Waals surface area contributed by atoms with Crippen LogP contribution < -0.4 is 5.32 Å². The largest absolute Gasteiger partial charge is 0.382 e. The Kier molecular flexibility index (Phi) is 6.95. The van der Waals surface area contributed by atoms with E-state index in [-0.39, 0.29) is 23.8 Å². The van der Waals surface area contributed by atoms with Crippen LogP contribution in [-0.2, 0) is 19.1 Å². The lowest BCUT2D eigenvalue weighted by atomic mass is 9.97. The third kappa shape index (κ3) is 4.45. The Balaban J connectivity index is 2.49. The van der Waals surface area contributed by atoms with Crippen molar-refractivity contribution < 1.29 is 19.1 Å². The lowest BCUT2D eigenvalue weighted by Crippen LogP contribution is -2.64. The highest BCUT2D eigenvalue weighted by molar-refractivity contribution is 5.96. The molecule has 0 aromatic carbocycles. The first kappa shape index (κ1) is 16.9. The van der Waals surface area contributed by atoms with Gasteiger partial charge >= 0.3 is 0 Å². The second kappa shape index (κ2) is 8.21. The van der Waals surface area contributed by atoms with Crippen LogP contribution in [-0.4, -0.2) is 62.3 Å². The highest BCUT2D eigenvalue weighted by Crippen LogP contribution is 2.17. The number of rotatable bonds is 8. The van der Waals surface area contributed by atoms with Gasteiger partial charge in [0.25, 0.3) is 0 Å². The molecule has 1 aliphatic rings. The SMILES string of the molecule is COCCOCCCN1C(=O)C(C)NC(=O)C1C(C)C. The molecule has 2 atom stereocenters. The molecule has 0 bridgehead atoms. The fourth-order valence-corrected chi connectivity index (χ4v) is 2.38. The second-order valence-electron chi connectivity index (χ2n) is 5.41. The van der Waals surface area contributed by atoms with Gasteiger partial charge in [-0.1, -0.05) is 13.8 Å². The maximum absolute atomic E-state index is 12.2. The summed E-state index contributed by atoms with van der Waals surface area (Å²) in [7, 11) is 1.63. The zero-order chi connectivity index (χ0) is 15.1. The van der Waals surface area contributed by atoms with Crippen LogP contribution in [0.25, 0.3) is 0 Å². The molecule has 0 aromatic heterocycles. The molecular weight excluding hydrogens is 260 g/mol. The van der Waals surface area contributed by atoms with Crippen LogP contribution >= 0.6 is 0 Å². The first-order valence-corrected chi connectivity index (χ1v) is 7.16. The molecule has 6 heteroatoms. The topological polar surface area (TPSA) is 67.9 Å². The van der Waals surface area contributed by atoms with Crippen LogP contribution in [0.15, 0.2) is 0 Å². The standard InChI is InChI=1S/C14H26N2O4/c1-10(2)12-13(17)15-11(3)14(18)16(12)6-5-7-20-9-8-19-4/h10-12H,5-9H2,1-4H3,(H,15,17). The van der Waals surface area contributed by atoms with E-state index >= 15 is 0 Å². The van der Waals surface area contributed by atoms with E-state index in [9.17, 15) is 9.59 Å². The average molecular weight is 286 g/mol. The molecule has 1 rings (SSSR count). The fourth-order valence-electron chi connectivity index (χ4n) is 2.38. The van der Waals surface area contributed by atoms with Crippen molar-refractivity contribution in [3.8, 4) is 0 Å². The van der Waals surface area contributed by atoms with Gasteiger partial charge in [0.15, 0.2) is 0 Å². The Morgan fingerprint density at radius 3 is 2.55 bits per heavy atom. The van der Waals surface area contributed by atoms with E-state index in [4.69, 9.17) is 9.47 Å². The minimum Gasteiger partial charge on any atom is -0.382 e. The molecule has 1 N–H and O–H groups in total. The van der Waals surface area contributed by atoms with E-state index in [1.54, 1.807) is 18.9 Å². The highest BCUT2D eigenvalue weighted by atomic mass is 16.5. The monoisotopic (exact) mass is 286 g/mol. The van der Waals surface area contributed by atoms with Crippen molar-refractivity contribution in [3.63, 3.8) is 0 Å². The van der Waals surface area contributed by atoms with E-state index < -0.39 is 6.04 Å². The average Bonchev–Trinajstić information content (AvgIpc) is 2.38. The molecule has 1 heterocycles. The van der Waals surface area contributed by atoms with Gasteiger partial charge in [-0.2, -0.15) is 0 Å². The number of hydrogen-bond donors (Lipinski definition) is 1. The minimum absolute atomic E-state index is 0.0137. The molecule has 0 spiro atoms. The Labute approximate surface area is 120 Å². The Morgan fingerprint density at radius 1 is 1.25 bits per heavy atom. The molecule has 1 fully saturated rings. The van der Waals surface area contributed by atoms with E-state index in [1.807, 2.05) is 13.8 Å². The lowest BCUT2D eigenvalue weighted by molar-refractivity contribution is -0.150. The molecule has 0 aromatic rings. The van der Waals surface area contributed by atoms with Crippen LogP contribution in [0.5, 0.6) is 0 Å². The summed E-state index contributed by atoms with van der Waals surface area (Å²) in [6.07, 6.45) is 0.721. The molecule has 2 unspecified atom stereocenters. The van der Waals surface area contributed by atoms with Crippen LogP contribution in [0.3, 0.4) is 0 Å². The van der Waals surface area contributed by atoms with Crippen LogP contribution in [0.4, 0.5) is 0 Å². The number of methoxy groups -OCH3 is 1. The molecule has 0 radical (unpaired) electrons. The van der Waals surface area contributed by atoms with Crippen molar-refractivity contribution in [2.24, 2.45) is 5.92 Å². The van der Waals surface area contributed by atoms with Crippen molar-refractivity contribution in [2.75, 3.05) is 33.5 Å². The van der Waals surface area contributed by atoms with E-state index in [0.717, 1.165) is 6.42 Å². The lowest BCUT2D eigenvalue weighted by Gasteiger charge is -2.39. The smallest absolute Gasteiger partial charge is 0.245 e. The first-order valence-electron chi connectivity index (χ1n) is 7.16. The molecule has 2 amide bonds. The third-order valence-corrected chi connectivity index (χ3v) is 3.37. The van der Waals surface area contributed by atoms with Gasteiger partial charge in [-0.05, 0) is 19.3 Å². The van der Waals surface area contributed by atoms with Crippen LogP contribution in [0.1, 0.15) is 27.2 Å². The predicted molar refractivity (Wildman–Crippen MR) is 75.3 cm³/mol. The number of amides is 2. The zero-order valence-corrected chi connectivity index (χ0v) is 12.8. The van der Waals surface area contributed by atoms with Gasteiger partial charge in [0, 0.05) is 20.3 Å². The maximum Gasteiger partial charge on any atom is 0.245 e. The quantitative estimate of drug-likeness (QED) is 0.656. The molecule has 1 saturated heterocycles. The summed E-state index contributed by atoms with van der Waals surface area (Å²) in [5.41, 5.74) is 0. The molecular formula is C14H26N2O4. The van der Waals surface area contributed by atoms with E-state index in [2.05, 4.69) is 5.32 Å². The zero-order valence-electron chi connectivity index (χ0n) is 12.8. The predicted octanol–water partition coefficient (Wildman–Crippen LogP) is 0.411. The van der Waals surface area contributed by atoms with Crippen molar-refractivity contribution >= 4 is 11.8 Å². The van der Waals surface area contributed by atoms with Gasteiger partial charge in [0.2, 0.25) is 11.8 Å². The van der Waals surface area contributed by atoms with Crippen molar-refractivity contribution in [1.29, 1.82) is 0 Å². The summed E-state index contributed by atoms with van der Waals surface area (Å²) in [5.74, 6) is 0.0217. The van der Waals surface area contributed by atoms with Gasteiger partial charge in [0.1, 0.15) is 12.1 Å². The van der Waals surface area contributed by atoms with Crippen molar-refractivity contribution in [1.82, 2.24) is 10.2 Å². The Hall–Kier alpha value is -1.14. The van der Waals surface area contributed by atoms with Gasteiger partial charge < -0.3 is 19.7 Å². The molecule has 1 aliphatic heterocycles. The Morgan fingerprint density at radius 2 is 1.95 bits per heavy atom. The fraction of sp³-hybridized carbons (Fsp3) is 0.857. The van der Waals surface area contributed by atoms with Crippen LogP contribution in [0, 0.1) is 5.92 Å². The van der Waals surface area contributed by atoms with Gasteiger partial charge in [-0.15, -0.1) is 0 Å². The summed E-state index contributed by atoms with van der Waals surface area (Å²) >= 11 is 0. The summed E-state index contributed by atoms with van der Waals surface area (Å²) in [4.78, 5) is 25.9. The number of nitrogens with one attached hydrogen (secondary N) is 1. The van der Waals surface area contributed by atoms with Crippen molar-refractivity contribution in [3.05, 3.63) is 0 Å². The Bertz CT molecular complexity index is 333. The van der Waals surface area contributed by atoms with Gasteiger partial charge in [0.05, 0.1) is 13.2 Å². The number of hydrogen-bond acceptors (Lipinski definition) is 4. The number of piperazine rings is 1. The third-order valence-electron chi connectivity index (χ3n) is 3.37. The normalized spacial score (nSPS) is 23.4. The van der Waals surface area contributed by atoms with Crippen LogP contribution in [0.2, 0.25) is 0 Å². The molecule has 0 aliphatic carbocycles. The minimum atomic E-state index is -0.438. The van der Waals surface area contributed by atoms with E-state index in [0.29, 0.717) is 26.4 Å². The molecule has 0 saturated carbocycles. The molecule has 116 valence electrons. The van der Waals surface area contributed by atoms with E-state index in [1.165, 1.54) is 0 Å². The summed E-state index contributed by atoms with van der Waals surface area (Å²) in [6.45, 7) is 7.86. The molecule has 6 nitrogen and oxygen atoms in total. The first-order chi connectivity index (χ1) is 9.49. The number of ether oxygens (including phenoxy) is 2. The second-order valence-corrected chi connectivity index (χ2v) is 5.41. The maximum atomic E-state index is 12.2. The number of carbonyl (C=O) groups is 2. The van der Waals surface area contributed by atoms with Gasteiger partial charge in [-0.3, -0.25) is 9.59 Å². The number of nitrogens with zero attached hydrogens (tertiary/aromatic N) is 1. The molecule has 20 heavy (non-hydrogen) atoms. The van der Waals surface area contributed by atoms with Crippen molar-refractivity contribution in [2.45, 2.75) is 39.3 Å². The summed E-state index contributed by atoms with van der Waals surface area (Å²) in [5, 5.41) is 2.73. The summed E-state index contributed by atoms with van der Waals surface area (Å²) < 4.78 is 10.3. The van der Waals surface area contributed by atoms with Gasteiger partial charge in [-0.25, -0.2) is 0 Å².